The number of aryl methyl sites for hydroxylation is 2. The maximum atomic E-state index is 11.5. The SMILES string of the molecule is CC(=O)OCC(CCn1cnc2cnc(NC(C)c3nc4cnc(N)nc4n3CCC(COC(C)=O)COC(C)=O)nc21)COC(C)=O. The van der Waals surface area contributed by atoms with Crippen molar-refractivity contribution in [3.05, 3.63) is 24.5 Å². The number of rotatable bonds is 17. The third-order valence-electron chi connectivity index (χ3n) is 7.26. The van der Waals surface area contributed by atoms with E-state index in [0.717, 1.165) is 0 Å². The number of carbonyl (C=O) groups excluding carboxylic acids is 4. The molecule has 18 nitrogen and oxygen atoms in total. The lowest BCUT2D eigenvalue weighted by Crippen LogP contribution is -2.22. The highest BCUT2D eigenvalue weighted by Crippen LogP contribution is 2.24. The second-order valence-electron chi connectivity index (χ2n) is 11.3. The smallest absolute Gasteiger partial charge is 0.302 e. The van der Waals surface area contributed by atoms with Crippen LogP contribution in [0.15, 0.2) is 18.7 Å². The minimum absolute atomic E-state index is 0.0747. The van der Waals surface area contributed by atoms with Crippen LogP contribution in [0.5, 0.6) is 0 Å². The fourth-order valence-electron chi connectivity index (χ4n) is 4.85. The van der Waals surface area contributed by atoms with Crippen molar-refractivity contribution >= 4 is 58.1 Å². The van der Waals surface area contributed by atoms with Crippen LogP contribution in [0.2, 0.25) is 0 Å². The Morgan fingerprint density at radius 1 is 0.729 bits per heavy atom. The summed E-state index contributed by atoms with van der Waals surface area (Å²) in [5.41, 5.74) is 8.10. The first-order chi connectivity index (χ1) is 22.9. The zero-order valence-corrected chi connectivity index (χ0v) is 27.5. The number of nitrogens with one attached hydrogen (secondary N) is 1. The van der Waals surface area contributed by atoms with E-state index in [1.807, 2.05) is 16.1 Å². The molecule has 18 heteroatoms. The molecule has 4 heterocycles. The Bertz CT molecular complexity index is 1720. The molecule has 0 amide bonds. The van der Waals surface area contributed by atoms with Crippen molar-refractivity contribution < 1.29 is 38.1 Å². The molecule has 4 rings (SSSR count). The summed E-state index contributed by atoms with van der Waals surface area (Å²) >= 11 is 0. The fourth-order valence-corrected chi connectivity index (χ4v) is 4.85. The molecule has 0 spiro atoms. The number of hydrogen-bond donors (Lipinski definition) is 2. The maximum absolute atomic E-state index is 11.5. The zero-order chi connectivity index (χ0) is 34.8. The van der Waals surface area contributed by atoms with Gasteiger partial charge in [0.1, 0.15) is 16.9 Å². The molecule has 48 heavy (non-hydrogen) atoms. The number of ether oxygens (including phenoxy) is 4. The van der Waals surface area contributed by atoms with E-state index in [0.29, 0.717) is 60.0 Å². The summed E-state index contributed by atoms with van der Waals surface area (Å²) in [6, 6.07) is -0.425. The van der Waals surface area contributed by atoms with E-state index in [-0.39, 0.29) is 44.2 Å². The second-order valence-corrected chi connectivity index (χ2v) is 11.3. The monoisotopic (exact) mass is 668 g/mol. The summed E-state index contributed by atoms with van der Waals surface area (Å²) in [7, 11) is 0. The van der Waals surface area contributed by atoms with E-state index in [2.05, 4.69) is 25.3 Å². The average molecular weight is 669 g/mol. The van der Waals surface area contributed by atoms with Crippen LogP contribution >= 0.6 is 0 Å². The van der Waals surface area contributed by atoms with Gasteiger partial charge in [-0.2, -0.15) is 9.97 Å². The molecule has 4 aromatic rings. The summed E-state index contributed by atoms with van der Waals surface area (Å²) in [6.07, 6.45) is 5.78. The van der Waals surface area contributed by atoms with Gasteiger partial charge >= 0.3 is 23.9 Å². The number of anilines is 2. The number of nitrogens with zero attached hydrogens (tertiary/aromatic N) is 8. The number of imidazole rings is 2. The summed E-state index contributed by atoms with van der Waals surface area (Å²) in [5.74, 6) is -1.20. The molecule has 0 saturated heterocycles. The molecule has 1 unspecified atom stereocenters. The van der Waals surface area contributed by atoms with Gasteiger partial charge in [-0.3, -0.25) is 19.2 Å². The van der Waals surface area contributed by atoms with Crippen molar-refractivity contribution in [1.82, 2.24) is 39.0 Å². The van der Waals surface area contributed by atoms with Gasteiger partial charge < -0.3 is 39.1 Å². The highest BCUT2D eigenvalue weighted by atomic mass is 16.6. The van der Waals surface area contributed by atoms with Gasteiger partial charge in [0.05, 0.1) is 51.2 Å². The molecule has 0 saturated carbocycles. The van der Waals surface area contributed by atoms with Crippen molar-refractivity contribution in [2.75, 3.05) is 37.5 Å². The van der Waals surface area contributed by atoms with Crippen LogP contribution in [0, 0.1) is 11.8 Å². The maximum Gasteiger partial charge on any atom is 0.302 e. The quantitative estimate of drug-likeness (QED) is 0.121. The fraction of sp³-hybridized carbons (Fsp3) is 0.533. The first kappa shape index (κ1) is 35.4. The number of nitrogens with two attached hydrogens (primary N) is 1. The minimum atomic E-state index is -0.433. The molecule has 0 fully saturated rings. The Hall–Kier alpha value is -5.42. The molecule has 258 valence electrons. The predicted molar refractivity (Wildman–Crippen MR) is 170 cm³/mol. The summed E-state index contributed by atoms with van der Waals surface area (Å²) in [4.78, 5) is 72.4. The van der Waals surface area contributed by atoms with Crippen LogP contribution in [0.25, 0.3) is 22.3 Å². The van der Waals surface area contributed by atoms with Crippen LogP contribution in [0.4, 0.5) is 11.9 Å². The third kappa shape index (κ3) is 10.0. The van der Waals surface area contributed by atoms with Gasteiger partial charge in [0.15, 0.2) is 11.3 Å². The molecule has 0 radical (unpaired) electrons. The van der Waals surface area contributed by atoms with Crippen LogP contribution in [0.3, 0.4) is 0 Å². The van der Waals surface area contributed by atoms with Gasteiger partial charge in [-0.15, -0.1) is 0 Å². The van der Waals surface area contributed by atoms with Crippen molar-refractivity contribution in [2.24, 2.45) is 11.8 Å². The van der Waals surface area contributed by atoms with E-state index in [1.54, 1.807) is 12.5 Å². The average Bonchev–Trinajstić information content (AvgIpc) is 3.60. The van der Waals surface area contributed by atoms with Gasteiger partial charge in [0.2, 0.25) is 11.9 Å². The van der Waals surface area contributed by atoms with Gasteiger partial charge in [-0.05, 0) is 19.8 Å². The number of fused-ring (bicyclic) bond motifs is 2. The van der Waals surface area contributed by atoms with Gasteiger partial charge in [-0.1, -0.05) is 0 Å². The van der Waals surface area contributed by atoms with Gasteiger partial charge in [0.25, 0.3) is 0 Å². The number of aromatic nitrogens is 8. The Kier molecular flexibility index (Phi) is 12.1. The molecule has 4 aromatic heterocycles. The largest absolute Gasteiger partial charge is 0.465 e. The number of carbonyl (C=O) groups is 4. The second kappa shape index (κ2) is 16.4. The lowest BCUT2D eigenvalue weighted by Gasteiger charge is -2.19. The molecule has 0 aliphatic rings. The highest BCUT2D eigenvalue weighted by Gasteiger charge is 2.22. The Morgan fingerprint density at radius 3 is 1.83 bits per heavy atom. The lowest BCUT2D eigenvalue weighted by molar-refractivity contribution is -0.148. The molecule has 1 atom stereocenters. The standard InChI is InChI=1S/C30H40N10O8/c1-17(26-36-25-11-32-29(31)37-28(25)40(26)9-7-23(14-47-20(4)43)15-48-21(5)44)35-30-33-10-24-27(38-30)39(16-34-24)8-6-22(12-45-18(2)41)13-46-19(3)42/h10-11,16-17,22-23H,6-9,12-15H2,1-5H3,(H2,31,32,37)(H,33,35,38). The van der Waals surface area contributed by atoms with E-state index >= 15 is 0 Å². The lowest BCUT2D eigenvalue weighted by atomic mass is 10.1. The van der Waals surface area contributed by atoms with Gasteiger partial charge in [-0.25, -0.2) is 19.9 Å². The Morgan fingerprint density at radius 2 is 1.27 bits per heavy atom. The molecule has 0 aliphatic carbocycles. The van der Waals surface area contributed by atoms with Crippen LogP contribution < -0.4 is 11.1 Å². The third-order valence-corrected chi connectivity index (χ3v) is 7.26. The van der Waals surface area contributed by atoms with E-state index in [1.165, 1.54) is 33.9 Å². The molecule has 0 aliphatic heterocycles. The van der Waals surface area contributed by atoms with E-state index in [4.69, 9.17) is 34.6 Å². The topological polar surface area (TPSA) is 230 Å². The van der Waals surface area contributed by atoms with E-state index < -0.39 is 29.9 Å². The normalized spacial score (nSPS) is 12.0. The number of nitrogen functional groups attached to an aromatic ring is 1. The Balaban J connectivity index is 1.53. The molecule has 0 aromatic carbocycles. The number of esters is 4. The minimum Gasteiger partial charge on any atom is -0.465 e. The molecular formula is C30H40N10O8. The van der Waals surface area contributed by atoms with Crippen LogP contribution in [0.1, 0.15) is 59.3 Å². The summed E-state index contributed by atoms with van der Waals surface area (Å²) < 4.78 is 24.5. The highest BCUT2D eigenvalue weighted by molar-refractivity contribution is 5.73. The Labute approximate surface area is 275 Å². The molecule has 3 N–H and O–H groups in total. The van der Waals surface area contributed by atoms with Crippen LogP contribution in [-0.2, 0) is 51.2 Å². The van der Waals surface area contributed by atoms with Gasteiger partial charge in [0, 0.05) is 52.6 Å². The van der Waals surface area contributed by atoms with Crippen molar-refractivity contribution in [2.45, 2.75) is 66.6 Å². The molecular weight excluding hydrogens is 628 g/mol. The predicted octanol–water partition coefficient (Wildman–Crippen LogP) is 1.99. The zero-order valence-electron chi connectivity index (χ0n) is 27.5. The first-order valence-corrected chi connectivity index (χ1v) is 15.4. The van der Waals surface area contributed by atoms with Crippen molar-refractivity contribution in [3.8, 4) is 0 Å². The summed E-state index contributed by atoms with van der Waals surface area (Å²) in [5, 5.41) is 3.30. The van der Waals surface area contributed by atoms with E-state index in [9.17, 15) is 19.2 Å². The van der Waals surface area contributed by atoms with Crippen molar-refractivity contribution in [1.29, 1.82) is 0 Å². The number of hydrogen-bond acceptors (Lipinski definition) is 16. The first-order valence-electron chi connectivity index (χ1n) is 15.4. The van der Waals surface area contributed by atoms with Crippen molar-refractivity contribution in [3.63, 3.8) is 0 Å². The van der Waals surface area contributed by atoms with Crippen LogP contribution in [-0.4, -0.2) is 89.3 Å². The molecule has 0 bridgehead atoms. The summed E-state index contributed by atoms with van der Waals surface area (Å²) in [6.45, 7) is 8.40.